The first-order valence-corrected chi connectivity index (χ1v) is 12.0. The summed E-state index contributed by atoms with van der Waals surface area (Å²) in [6.45, 7) is 0.393. The number of carboxylic acids is 1. The number of carbonyl (C=O) groups is 1. The van der Waals surface area contributed by atoms with Gasteiger partial charge in [0, 0.05) is 11.6 Å². The summed E-state index contributed by atoms with van der Waals surface area (Å²) in [6, 6.07) is 19.4. The molecular formula is C24H25Cl2NO6S. The van der Waals surface area contributed by atoms with Crippen LogP contribution in [0.5, 0.6) is 5.75 Å². The van der Waals surface area contributed by atoms with Crippen LogP contribution < -0.4 is 10.1 Å². The lowest BCUT2D eigenvalue weighted by atomic mass is 10.1. The predicted molar refractivity (Wildman–Crippen MR) is 132 cm³/mol. The van der Waals surface area contributed by atoms with Crippen molar-refractivity contribution in [1.82, 2.24) is 5.32 Å². The Kier molecular flexibility index (Phi) is 10.3. The lowest BCUT2D eigenvalue weighted by Gasteiger charge is -2.13. The second-order valence-electron chi connectivity index (χ2n) is 7.33. The fourth-order valence-electron chi connectivity index (χ4n) is 3.17. The molecule has 0 spiro atoms. The highest BCUT2D eigenvalue weighted by molar-refractivity contribution is 7.91. The molecule has 0 aliphatic heterocycles. The van der Waals surface area contributed by atoms with E-state index in [0.29, 0.717) is 24.5 Å². The van der Waals surface area contributed by atoms with E-state index in [1.807, 2.05) is 6.07 Å². The van der Waals surface area contributed by atoms with Crippen LogP contribution in [0.3, 0.4) is 0 Å². The molecule has 0 bridgehead atoms. The van der Waals surface area contributed by atoms with Crippen molar-refractivity contribution in [2.24, 2.45) is 0 Å². The summed E-state index contributed by atoms with van der Waals surface area (Å²) in [5, 5.41) is 22.6. The van der Waals surface area contributed by atoms with Gasteiger partial charge in [0.1, 0.15) is 5.75 Å². The van der Waals surface area contributed by atoms with E-state index >= 15 is 0 Å². The SMILES string of the molecule is Cl.O=C(O)COc1ccc(S(=O)(=O)c2cccc(CCNC[C@@H](O)c3cccc(Cl)c3)c2)cc1. The number of hydrogen-bond acceptors (Lipinski definition) is 6. The minimum absolute atomic E-state index is 0. The summed E-state index contributed by atoms with van der Waals surface area (Å²) in [5.74, 6) is -0.840. The number of nitrogens with one attached hydrogen (secondary N) is 1. The van der Waals surface area contributed by atoms with Crippen LogP contribution in [0.25, 0.3) is 0 Å². The quantitative estimate of drug-likeness (QED) is 0.325. The zero-order valence-corrected chi connectivity index (χ0v) is 20.4. The molecule has 3 aromatic carbocycles. The van der Waals surface area contributed by atoms with Crippen LogP contribution in [0.1, 0.15) is 17.2 Å². The van der Waals surface area contributed by atoms with Crippen LogP contribution in [-0.4, -0.2) is 44.3 Å². The first-order chi connectivity index (χ1) is 15.8. The second kappa shape index (κ2) is 12.7. The number of carboxylic acid groups (broad SMARTS) is 1. The Bertz CT molecular complexity index is 1200. The molecule has 3 N–H and O–H groups in total. The molecule has 10 heteroatoms. The van der Waals surface area contributed by atoms with Crippen molar-refractivity contribution >= 4 is 39.8 Å². The third-order valence-corrected chi connectivity index (χ3v) is 6.87. The minimum atomic E-state index is -3.74. The molecule has 0 heterocycles. The molecule has 7 nitrogen and oxygen atoms in total. The molecule has 0 saturated carbocycles. The topological polar surface area (TPSA) is 113 Å². The van der Waals surface area contributed by atoms with Gasteiger partial charge in [-0.25, -0.2) is 13.2 Å². The number of aliphatic hydroxyl groups is 1. The maximum Gasteiger partial charge on any atom is 0.341 e. The number of rotatable bonds is 11. The van der Waals surface area contributed by atoms with Gasteiger partial charge in [-0.3, -0.25) is 0 Å². The predicted octanol–water partition coefficient (Wildman–Crippen LogP) is 3.92. The molecule has 0 fully saturated rings. The van der Waals surface area contributed by atoms with E-state index < -0.39 is 28.5 Å². The Morgan fingerprint density at radius 3 is 2.38 bits per heavy atom. The molecule has 34 heavy (non-hydrogen) atoms. The summed E-state index contributed by atoms with van der Waals surface area (Å²) in [5.41, 5.74) is 1.56. The van der Waals surface area contributed by atoms with Gasteiger partial charge in [-0.2, -0.15) is 0 Å². The minimum Gasteiger partial charge on any atom is -0.482 e. The standard InChI is InChI=1S/C24H24ClNO6S.ClH/c25-19-5-2-4-18(14-19)23(27)15-26-12-11-17-3-1-6-22(13-17)33(30,31)21-9-7-20(8-10-21)32-16-24(28)29;/h1-10,13-14,23,26-27H,11-12,15-16H2,(H,28,29);1H/t23-;/m1./s1. The molecule has 0 amide bonds. The molecule has 182 valence electrons. The highest BCUT2D eigenvalue weighted by atomic mass is 35.5. The van der Waals surface area contributed by atoms with E-state index in [0.717, 1.165) is 11.1 Å². The molecule has 0 saturated heterocycles. The van der Waals surface area contributed by atoms with Crippen molar-refractivity contribution in [3.8, 4) is 5.75 Å². The highest BCUT2D eigenvalue weighted by Crippen LogP contribution is 2.24. The number of benzene rings is 3. The first kappa shape index (κ1) is 27.6. The molecule has 0 unspecified atom stereocenters. The lowest BCUT2D eigenvalue weighted by molar-refractivity contribution is -0.139. The summed E-state index contributed by atoms with van der Waals surface area (Å²) in [4.78, 5) is 10.8. The third-order valence-electron chi connectivity index (χ3n) is 4.87. The molecule has 0 aliphatic rings. The Morgan fingerprint density at radius 1 is 1.00 bits per heavy atom. The van der Waals surface area contributed by atoms with Crippen LogP contribution >= 0.6 is 24.0 Å². The maximum absolute atomic E-state index is 13.0. The third kappa shape index (κ3) is 7.72. The van der Waals surface area contributed by atoms with Gasteiger partial charge in [0.15, 0.2) is 6.61 Å². The summed E-state index contributed by atoms with van der Waals surface area (Å²) < 4.78 is 31.0. The number of aliphatic carboxylic acids is 1. The van der Waals surface area contributed by atoms with Crippen molar-refractivity contribution in [2.75, 3.05) is 19.7 Å². The molecule has 0 aromatic heterocycles. The zero-order chi connectivity index (χ0) is 23.8. The zero-order valence-electron chi connectivity index (χ0n) is 18.1. The molecule has 3 aromatic rings. The fraction of sp³-hybridized carbons (Fsp3) is 0.208. The van der Waals surface area contributed by atoms with E-state index in [-0.39, 0.29) is 27.9 Å². The van der Waals surface area contributed by atoms with Crippen LogP contribution in [0.4, 0.5) is 0 Å². The van der Waals surface area contributed by atoms with Gasteiger partial charge in [-0.05, 0) is 72.6 Å². The number of aliphatic hydroxyl groups excluding tert-OH is 1. The Labute approximate surface area is 209 Å². The average Bonchev–Trinajstić information content (AvgIpc) is 2.81. The van der Waals surface area contributed by atoms with Crippen LogP contribution in [0.15, 0.2) is 82.6 Å². The summed E-state index contributed by atoms with van der Waals surface area (Å²) >= 11 is 5.95. The van der Waals surface area contributed by atoms with Crippen molar-refractivity contribution in [2.45, 2.75) is 22.3 Å². The van der Waals surface area contributed by atoms with Gasteiger partial charge >= 0.3 is 5.97 Å². The highest BCUT2D eigenvalue weighted by Gasteiger charge is 2.18. The van der Waals surface area contributed by atoms with Gasteiger partial charge in [-0.15, -0.1) is 12.4 Å². The Morgan fingerprint density at radius 2 is 1.71 bits per heavy atom. The smallest absolute Gasteiger partial charge is 0.341 e. The Balaban J connectivity index is 0.00000408. The normalized spacial score (nSPS) is 11.9. The van der Waals surface area contributed by atoms with Gasteiger partial charge in [0.05, 0.1) is 15.9 Å². The summed E-state index contributed by atoms with van der Waals surface area (Å²) in [7, 11) is -3.74. The first-order valence-electron chi connectivity index (χ1n) is 10.2. The van der Waals surface area contributed by atoms with Gasteiger partial charge in [-0.1, -0.05) is 35.9 Å². The van der Waals surface area contributed by atoms with E-state index in [1.165, 1.54) is 30.3 Å². The van der Waals surface area contributed by atoms with Gasteiger partial charge in [0.2, 0.25) is 9.84 Å². The number of halogens is 2. The largest absolute Gasteiger partial charge is 0.482 e. The molecule has 0 radical (unpaired) electrons. The number of ether oxygens (including phenoxy) is 1. The molecule has 0 aliphatic carbocycles. The van der Waals surface area contributed by atoms with E-state index in [9.17, 15) is 18.3 Å². The number of sulfone groups is 1. The number of hydrogen-bond donors (Lipinski definition) is 3. The van der Waals surface area contributed by atoms with E-state index in [4.69, 9.17) is 21.4 Å². The molecule has 3 rings (SSSR count). The molecular weight excluding hydrogens is 501 g/mol. The average molecular weight is 526 g/mol. The van der Waals surface area contributed by atoms with Crippen molar-refractivity contribution in [1.29, 1.82) is 0 Å². The monoisotopic (exact) mass is 525 g/mol. The van der Waals surface area contributed by atoms with Gasteiger partial charge in [0.25, 0.3) is 0 Å². The van der Waals surface area contributed by atoms with Crippen LogP contribution in [0, 0.1) is 0 Å². The van der Waals surface area contributed by atoms with Crippen molar-refractivity contribution in [3.05, 3.63) is 88.9 Å². The fourth-order valence-corrected chi connectivity index (χ4v) is 4.70. The van der Waals surface area contributed by atoms with E-state index in [1.54, 1.807) is 36.4 Å². The summed E-state index contributed by atoms with van der Waals surface area (Å²) in [6.07, 6.45) is -0.119. The van der Waals surface area contributed by atoms with Crippen molar-refractivity contribution < 1.29 is 28.2 Å². The van der Waals surface area contributed by atoms with Crippen molar-refractivity contribution in [3.63, 3.8) is 0 Å². The van der Waals surface area contributed by atoms with Crippen LogP contribution in [-0.2, 0) is 21.1 Å². The van der Waals surface area contributed by atoms with E-state index in [2.05, 4.69) is 5.32 Å². The molecule has 1 atom stereocenters. The Hall–Kier alpha value is -2.62. The maximum atomic E-state index is 13.0. The van der Waals surface area contributed by atoms with Crippen LogP contribution in [0.2, 0.25) is 5.02 Å². The second-order valence-corrected chi connectivity index (χ2v) is 9.72. The lowest BCUT2D eigenvalue weighted by Crippen LogP contribution is -2.23. The van der Waals surface area contributed by atoms with Gasteiger partial charge < -0.3 is 20.3 Å².